The van der Waals surface area contributed by atoms with Gasteiger partial charge in [-0.1, -0.05) is 24.3 Å². The summed E-state index contributed by atoms with van der Waals surface area (Å²) in [5.41, 5.74) is 1.48. The lowest BCUT2D eigenvalue weighted by atomic mass is 10.2. The van der Waals surface area contributed by atoms with Crippen molar-refractivity contribution in [1.82, 2.24) is 20.6 Å². The quantitative estimate of drug-likeness (QED) is 0.581. The lowest BCUT2D eigenvalue weighted by Gasteiger charge is -2.10. The van der Waals surface area contributed by atoms with Gasteiger partial charge in [0.1, 0.15) is 5.82 Å². The van der Waals surface area contributed by atoms with Crippen molar-refractivity contribution in [2.24, 2.45) is 4.99 Å². The van der Waals surface area contributed by atoms with Crippen molar-refractivity contribution in [2.45, 2.75) is 0 Å². The van der Waals surface area contributed by atoms with Crippen molar-refractivity contribution in [2.75, 3.05) is 0 Å². The largest absolute Gasteiger partial charge is 0.858 e. The molecule has 7 heteroatoms. The molecule has 21 heavy (non-hydrogen) atoms. The zero-order valence-electron chi connectivity index (χ0n) is 10.7. The van der Waals surface area contributed by atoms with Crippen LogP contribution in [0.15, 0.2) is 53.5 Å². The lowest BCUT2D eigenvalue weighted by Crippen LogP contribution is -2.18. The Labute approximate surface area is 119 Å². The fourth-order valence-electron chi connectivity index (χ4n) is 1.77. The van der Waals surface area contributed by atoms with Gasteiger partial charge in [0.15, 0.2) is 0 Å². The summed E-state index contributed by atoms with van der Waals surface area (Å²) in [6, 6.07) is 12.1. The van der Waals surface area contributed by atoms with Gasteiger partial charge in [0.05, 0.1) is 5.69 Å². The Morgan fingerprint density at radius 1 is 1.14 bits per heavy atom. The highest BCUT2D eigenvalue weighted by Crippen LogP contribution is 2.21. The number of tetrazole rings is 1. The zero-order chi connectivity index (χ0) is 14.7. The maximum Gasteiger partial charge on any atom is 0.204 e. The van der Waals surface area contributed by atoms with E-state index in [0.717, 1.165) is 0 Å². The molecule has 3 rings (SSSR count). The molecular weight excluding hydrogens is 273 g/mol. The van der Waals surface area contributed by atoms with Crippen molar-refractivity contribution in [3.05, 3.63) is 59.9 Å². The maximum atomic E-state index is 12.8. The molecule has 0 spiro atoms. The van der Waals surface area contributed by atoms with E-state index in [1.807, 2.05) is 0 Å². The van der Waals surface area contributed by atoms with Crippen LogP contribution in [0.1, 0.15) is 5.56 Å². The van der Waals surface area contributed by atoms with E-state index < -0.39 is 11.7 Å². The van der Waals surface area contributed by atoms with E-state index in [0.29, 0.717) is 22.6 Å². The first-order valence-corrected chi connectivity index (χ1v) is 6.08. The second kappa shape index (κ2) is 5.49. The van der Waals surface area contributed by atoms with Crippen LogP contribution in [0.3, 0.4) is 0 Å². The minimum absolute atomic E-state index is 0.321. The van der Waals surface area contributed by atoms with Crippen LogP contribution in [0.25, 0.3) is 11.4 Å². The van der Waals surface area contributed by atoms with Crippen LogP contribution >= 0.6 is 0 Å². The summed E-state index contributed by atoms with van der Waals surface area (Å²) in [5, 5.41) is 25.5. The van der Waals surface area contributed by atoms with Gasteiger partial charge in [0.25, 0.3) is 0 Å². The van der Waals surface area contributed by atoms with Crippen LogP contribution in [-0.2, 0) is 0 Å². The second-order valence-electron chi connectivity index (χ2n) is 4.21. The number of aliphatic imine (C=N–C) groups is 1. The van der Waals surface area contributed by atoms with Gasteiger partial charge in [0, 0.05) is 5.56 Å². The first kappa shape index (κ1) is 12.9. The standard InChI is InChI=1S/C14H10FN5O/c15-11-6-4-9(5-7-11)14(21)16-12-3-1-2-10(8-12)13-17-19-20-18-13/h1-8H,(H,16,21)(H,17,18,19,20)/p-1. The van der Waals surface area contributed by atoms with Crippen molar-refractivity contribution >= 4 is 11.6 Å². The fourth-order valence-corrected chi connectivity index (χ4v) is 1.77. The SMILES string of the molecule is [O-]C(=Nc1cccc(-c2nn[nH]n2)c1)c1ccc(F)cc1. The number of H-pyrrole nitrogens is 1. The molecule has 3 aromatic rings. The highest BCUT2D eigenvalue weighted by atomic mass is 19.1. The monoisotopic (exact) mass is 282 g/mol. The summed E-state index contributed by atoms with van der Waals surface area (Å²) in [5.74, 6) is -0.424. The van der Waals surface area contributed by atoms with Crippen LogP contribution in [0.2, 0.25) is 0 Å². The predicted molar refractivity (Wildman–Crippen MR) is 72.2 cm³/mol. The summed E-state index contributed by atoms with van der Waals surface area (Å²) in [4.78, 5) is 3.98. The number of aromatic amines is 1. The molecule has 0 unspecified atom stereocenters. The first-order chi connectivity index (χ1) is 10.2. The lowest BCUT2D eigenvalue weighted by molar-refractivity contribution is -0.212. The smallest absolute Gasteiger partial charge is 0.204 e. The topological polar surface area (TPSA) is 89.9 Å². The first-order valence-electron chi connectivity index (χ1n) is 6.08. The van der Waals surface area contributed by atoms with Gasteiger partial charge < -0.3 is 5.11 Å². The molecule has 2 aromatic carbocycles. The predicted octanol–water partition coefficient (Wildman–Crippen LogP) is 1.44. The molecule has 0 aliphatic heterocycles. The number of halogens is 1. The Morgan fingerprint density at radius 2 is 1.95 bits per heavy atom. The van der Waals surface area contributed by atoms with Crippen LogP contribution < -0.4 is 5.11 Å². The summed E-state index contributed by atoms with van der Waals surface area (Å²) in [6.07, 6.45) is 0. The Kier molecular flexibility index (Phi) is 3.38. The normalized spacial score (nSPS) is 11.6. The number of hydrogen-bond acceptors (Lipinski definition) is 5. The summed E-state index contributed by atoms with van der Waals surface area (Å²) >= 11 is 0. The van der Waals surface area contributed by atoms with Crippen molar-refractivity contribution in [3.63, 3.8) is 0 Å². The second-order valence-corrected chi connectivity index (χ2v) is 4.21. The van der Waals surface area contributed by atoms with Gasteiger partial charge in [0.2, 0.25) is 5.82 Å². The molecule has 1 aromatic heterocycles. The van der Waals surface area contributed by atoms with Gasteiger partial charge in [-0.2, -0.15) is 5.21 Å². The number of rotatable bonds is 3. The third kappa shape index (κ3) is 2.92. The van der Waals surface area contributed by atoms with Gasteiger partial charge in [-0.15, -0.1) is 10.2 Å². The van der Waals surface area contributed by atoms with Crippen molar-refractivity contribution in [3.8, 4) is 11.4 Å². The molecule has 0 radical (unpaired) electrons. The van der Waals surface area contributed by atoms with Gasteiger partial charge in [-0.25, -0.2) is 4.39 Å². The molecular formula is C14H9FN5O-. The molecule has 0 fully saturated rings. The van der Waals surface area contributed by atoms with Crippen molar-refractivity contribution < 1.29 is 9.50 Å². The molecule has 6 nitrogen and oxygen atoms in total. The van der Waals surface area contributed by atoms with Crippen LogP contribution in [0.4, 0.5) is 10.1 Å². The Hall–Kier alpha value is -3.09. The average molecular weight is 282 g/mol. The van der Waals surface area contributed by atoms with Gasteiger partial charge in [-0.05, 0) is 40.9 Å². The number of benzene rings is 2. The van der Waals surface area contributed by atoms with Crippen LogP contribution in [-0.4, -0.2) is 26.5 Å². The Morgan fingerprint density at radius 3 is 2.67 bits per heavy atom. The average Bonchev–Trinajstić information content (AvgIpc) is 3.02. The highest BCUT2D eigenvalue weighted by molar-refractivity contribution is 5.92. The highest BCUT2D eigenvalue weighted by Gasteiger charge is 2.03. The number of nitrogens with zero attached hydrogens (tertiary/aromatic N) is 4. The van der Waals surface area contributed by atoms with E-state index in [9.17, 15) is 9.50 Å². The van der Waals surface area contributed by atoms with Crippen molar-refractivity contribution in [1.29, 1.82) is 0 Å². The third-order valence-electron chi connectivity index (χ3n) is 2.77. The van der Waals surface area contributed by atoms with Gasteiger partial charge in [-0.3, -0.25) is 4.99 Å². The zero-order valence-corrected chi connectivity index (χ0v) is 10.7. The van der Waals surface area contributed by atoms with Gasteiger partial charge >= 0.3 is 0 Å². The summed E-state index contributed by atoms with van der Waals surface area (Å²) in [7, 11) is 0. The van der Waals surface area contributed by atoms with E-state index in [4.69, 9.17) is 0 Å². The summed E-state index contributed by atoms with van der Waals surface area (Å²) in [6.45, 7) is 0. The maximum absolute atomic E-state index is 12.8. The van der Waals surface area contributed by atoms with E-state index >= 15 is 0 Å². The molecule has 0 atom stereocenters. The molecule has 104 valence electrons. The molecule has 0 saturated carbocycles. The molecule has 1 N–H and O–H groups in total. The van der Waals surface area contributed by atoms with E-state index in [-0.39, 0.29) is 0 Å². The number of nitrogens with one attached hydrogen (secondary N) is 1. The third-order valence-corrected chi connectivity index (χ3v) is 2.77. The number of aromatic nitrogens is 4. The molecule has 0 saturated heterocycles. The molecule has 0 amide bonds. The Bertz CT molecular complexity index is 768. The fraction of sp³-hybridized carbons (Fsp3) is 0. The molecule has 0 aliphatic rings. The molecule has 0 aliphatic carbocycles. The minimum Gasteiger partial charge on any atom is -0.858 e. The van der Waals surface area contributed by atoms with E-state index in [2.05, 4.69) is 25.6 Å². The Balaban J connectivity index is 1.92. The summed E-state index contributed by atoms with van der Waals surface area (Å²) < 4.78 is 12.8. The molecule has 0 bridgehead atoms. The molecule has 1 heterocycles. The number of hydrogen-bond donors (Lipinski definition) is 1. The van der Waals surface area contributed by atoms with Crippen LogP contribution in [0, 0.1) is 5.82 Å². The van der Waals surface area contributed by atoms with Crippen LogP contribution in [0.5, 0.6) is 0 Å². The minimum atomic E-state index is -0.444. The van der Waals surface area contributed by atoms with E-state index in [1.165, 1.54) is 24.3 Å². The van der Waals surface area contributed by atoms with E-state index in [1.54, 1.807) is 24.3 Å².